The first kappa shape index (κ1) is 29.4. The van der Waals surface area contributed by atoms with Crippen LogP contribution in [0.4, 0.5) is 10.6 Å². The second kappa shape index (κ2) is 13.3. The van der Waals surface area contributed by atoms with Crippen LogP contribution in [0.3, 0.4) is 0 Å². The Hall–Kier alpha value is -4.68. The van der Waals surface area contributed by atoms with Crippen LogP contribution >= 0.6 is 0 Å². The van der Waals surface area contributed by atoms with Crippen molar-refractivity contribution in [3.63, 3.8) is 0 Å². The SMILES string of the molecule is CC(C)NC(=O)O[C@@H]1CC[C@H](c2cc(NC(=O)c3cnc(-c4cccc(OCc5ccccc5)c4C4OCCO4)o3)n[nH]2)C1. The van der Waals surface area contributed by atoms with Gasteiger partial charge in [0, 0.05) is 29.3 Å². The normalized spacial score (nSPS) is 18.4. The molecule has 1 aliphatic carbocycles. The highest BCUT2D eigenvalue weighted by atomic mass is 16.7. The molecule has 2 amide bonds. The van der Waals surface area contributed by atoms with Gasteiger partial charge < -0.3 is 34.0 Å². The fourth-order valence-electron chi connectivity index (χ4n) is 5.40. The number of oxazole rings is 1. The smallest absolute Gasteiger partial charge is 0.407 e. The molecule has 4 aromatic rings. The van der Waals surface area contributed by atoms with E-state index >= 15 is 0 Å². The van der Waals surface area contributed by atoms with Gasteiger partial charge in [-0.3, -0.25) is 9.89 Å². The molecule has 1 saturated heterocycles. The van der Waals surface area contributed by atoms with Gasteiger partial charge in [0.2, 0.25) is 11.7 Å². The van der Waals surface area contributed by atoms with Crippen LogP contribution in [0.25, 0.3) is 11.5 Å². The second-order valence-electron chi connectivity index (χ2n) is 11.1. The lowest BCUT2D eigenvalue weighted by Crippen LogP contribution is -2.33. The Morgan fingerprint density at radius 1 is 1.07 bits per heavy atom. The maximum absolute atomic E-state index is 13.1. The number of hydrogen-bond donors (Lipinski definition) is 3. The summed E-state index contributed by atoms with van der Waals surface area (Å²) >= 11 is 0. The molecule has 12 heteroatoms. The molecule has 12 nitrogen and oxygen atoms in total. The van der Waals surface area contributed by atoms with Crippen LogP contribution in [0.2, 0.25) is 0 Å². The number of carbonyl (C=O) groups excluding carboxylic acids is 2. The number of H-pyrrole nitrogens is 1. The molecule has 2 aromatic carbocycles. The molecule has 2 aromatic heterocycles. The Morgan fingerprint density at radius 2 is 1.89 bits per heavy atom. The van der Waals surface area contributed by atoms with Crippen molar-refractivity contribution in [3.05, 3.63) is 83.4 Å². The lowest BCUT2D eigenvalue weighted by atomic mass is 10.0. The van der Waals surface area contributed by atoms with E-state index in [1.54, 1.807) is 6.07 Å². The highest BCUT2D eigenvalue weighted by Gasteiger charge is 2.31. The maximum Gasteiger partial charge on any atom is 0.407 e. The maximum atomic E-state index is 13.1. The molecule has 3 heterocycles. The summed E-state index contributed by atoms with van der Waals surface area (Å²) in [5, 5.41) is 12.8. The van der Waals surface area contributed by atoms with Crippen molar-refractivity contribution in [1.29, 1.82) is 0 Å². The number of aromatic nitrogens is 3. The van der Waals surface area contributed by atoms with Crippen LogP contribution in [-0.4, -0.2) is 52.5 Å². The third-order valence-electron chi connectivity index (χ3n) is 7.46. The minimum Gasteiger partial charge on any atom is -0.488 e. The van der Waals surface area contributed by atoms with Crippen LogP contribution in [-0.2, 0) is 20.8 Å². The standard InChI is InChI=1S/C32H35N5O7/c1-19(2)34-32(39)43-22-12-11-21(15-22)24-16-27(37-36-24)35-29(38)26-17-33-30(44-26)23-9-6-10-25(28(23)31-40-13-14-41-31)42-18-20-7-4-3-5-8-20/h3-10,16-17,19,21-22,31H,11-15,18H2,1-2H3,(H,34,39)(H2,35,36,37,38)/t21-,22+/m0/s1. The highest BCUT2D eigenvalue weighted by molar-refractivity contribution is 6.01. The van der Waals surface area contributed by atoms with Crippen molar-refractivity contribution in [2.75, 3.05) is 18.5 Å². The monoisotopic (exact) mass is 601 g/mol. The van der Waals surface area contributed by atoms with E-state index in [9.17, 15) is 9.59 Å². The number of aromatic amines is 1. The summed E-state index contributed by atoms with van der Waals surface area (Å²) in [5.41, 5.74) is 3.13. The van der Waals surface area contributed by atoms with Gasteiger partial charge in [-0.05, 0) is 50.8 Å². The number of ether oxygens (including phenoxy) is 4. The molecule has 0 spiro atoms. The molecule has 2 atom stereocenters. The summed E-state index contributed by atoms with van der Waals surface area (Å²) in [5.74, 6) is 0.824. The number of rotatable bonds is 10. The fraction of sp³-hybridized carbons (Fsp3) is 0.375. The van der Waals surface area contributed by atoms with Crippen LogP contribution in [0, 0.1) is 0 Å². The number of amides is 2. The zero-order valence-corrected chi connectivity index (χ0v) is 24.6. The van der Waals surface area contributed by atoms with E-state index in [4.69, 9.17) is 23.4 Å². The van der Waals surface area contributed by atoms with Gasteiger partial charge in [0.1, 0.15) is 18.5 Å². The van der Waals surface area contributed by atoms with E-state index < -0.39 is 18.3 Å². The summed E-state index contributed by atoms with van der Waals surface area (Å²) in [6.45, 7) is 5.03. The number of nitrogens with zero attached hydrogens (tertiary/aromatic N) is 2. The van der Waals surface area contributed by atoms with E-state index in [1.165, 1.54) is 6.20 Å². The Morgan fingerprint density at radius 3 is 2.68 bits per heavy atom. The molecule has 2 aliphatic rings. The van der Waals surface area contributed by atoms with Gasteiger partial charge in [0.15, 0.2) is 12.1 Å². The Kier molecular flexibility index (Phi) is 8.89. The first-order chi connectivity index (χ1) is 21.4. The largest absolute Gasteiger partial charge is 0.488 e. The van der Waals surface area contributed by atoms with E-state index in [1.807, 2.05) is 62.4 Å². The second-order valence-corrected chi connectivity index (χ2v) is 11.1. The topological polar surface area (TPSA) is 150 Å². The molecule has 0 radical (unpaired) electrons. The summed E-state index contributed by atoms with van der Waals surface area (Å²) in [6.07, 6.45) is 2.42. The van der Waals surface area contributed by atoms with Gasteiger partial charge >= 0.3 is 6.09 Å². The lowest BCUT2D eigenvalue weighted by Gasteiger charge is -2.18. The first-order valence-corrected chi connectivity index (χ1v) is 14.8. The molecule has 6 rings (SSSR count). The van der Waals surface area contributed by atoms with Crippen LogP contribution in [0.1, 0.15) is 72.7 Å². The average Bonchev–Trinajstić information content (AvgIpc) is 3.83. The number of alkyl carbamates (subject to hydrolysis) is 1. The molecule has 0 unspecified atom stereocenters. The third-order valence-corrected chi connectivity index (χ3v) is 7.46. The quantitative estimate of drug-likeness (QED) is 0.208. The average molecular weight is 602 g/mol. The summed E-state index contributed by atoms with van der Waals surface area (Å²) in [7, 11) is 0. The zero-order valence-electron chi connectivity index (χ0n) is 24.6. The predicted octanol–water partition coefficient (Wildman–Crippen LogP) is 5.71. The minimum atomic E-state index is -0.659. The number of hydrogen-bond acceptors (Lipinski definition) is 9. The zero-order chi connectivity index (χ0) is 30.5. The van der Waals surface area contributed by atoms with Crippen molar-refractivity contribution in [3.8, 4) is 17.2 Å². The van der Waals surface area contributed by atoms with Gasteiger partial charge in [0.25, 0.3) is 5.91 Å². The van der Waals surface area contributed by atoms with Crippen molar-refractivity contribution < 1.29 is 33.0 Å². The van der Waals surface area contributed by atoms with Crippen LogP contribution in [0.5, 0.6) is 5.75 Å². The summed E-state index contributed by atoms with van der Waals surface area (Å²) in [6, 6.07) is 17.1. The third kappa shape index (κ3) is 6.92. The van der Waals surface area contributed by atoms with Gasteiger partial charge in [0.05, 0.1) is 25.0 Å². The van der Waals surface area contributed by atoms with Crippen molar-refractivity contribution in [2.24, 2.45) is 0 Å². The molecule has 3 N–H and O–H groups in total. The Labute approximate surface area is 254 Å². The van der Waals surface area contributed by atoms with Gasteiger partial charge in [-0.2, -0.15) is 5.10 Å². The van der Waals surface area contributed by atoms with E-state index in [2.05, 4.69) is 25.8 Å². The summed E-state index contributed by atoms with van der Waals surface area (Å²) in [4.78, 5) is 29.4. The Bertz CT molecular complexity index is 1580. The molecular formula is C32H35N5O7. The molecule has 1 aliphatic heterocycles. The van der Waals surface area contributed by atoms with Crippen LogP contribution in [0.15, 0.2) is 65.2 Å². The summed E-state index contributed by atoms with van der Waals surface area (Å²) < 4.78 is 29.3. The molecule has 0 bridgehead atoms. The molecule has 2 fully saturated rings. The van der Waals surface area contributed by atoms with Gasteiger partial charge in [-0.25, -0.2) is 9.78 Å². The van der Waals surface area contributed by atoms with Gasteiger partial charge in [-0.15, -0.1) is 0 Å². The van der Waals surface area contributed by atoms with Gasteiger partial charge in [-0.1, -0.05) is 36.4 Å². The number of anilines is 1. The van der Waals surface area contributed by atoms with Crippen molar-refractivity contribution in [1.82, 2.24) is 20.5 Å². The Balaban J connectivity index is 1.12. The van der Waals surface area contributed by atoms with E-state index in [-0.39, 0.29) is 29.7 Å². The first-order valence-electron chi connectivity index (χ1n) is 14.8. The number of benzene rings is 2. The fourth-order valence-corrected chi connectivity index (χ4v) is 5.40. The molecule has 44 heavy (non-hydrogen) atoms. The highest BCUT2D eigenvalue weighted by Crippen LogP contribution is 2.40. The minimum absolute atomic E-state index is 0.0143. The molecule has 1 saturated carbocycles. The predicted molar refractivity (Wildman–Crippen MR) is 159 cm³/mol. The lowest BCUT2D eigenvalue weighted by molar-refractivity contribution is -0.0455. The molecule has 230 valence electrons. The van der Waals surface area contributed by atoms with E-state index in [0.717, 1.165) is 24.1 Å². The molecular weight excluding hydrogens is 566 g/mol. The number of nitrogens with one attached hydrogen (secondary N) is 3. The van der Waals surface area contributed by atoms with Crippen molar-refractivity contribution >= 4 is 17.8 Å². The number of carbonyl (C=O) groups is 2. The van der Waals surface area contributed by atoms with Crippen molar-refractivity contribution in [2.45, 2.75) is 64.1 Å². The van der Waals surface area contributed by atoms with E-state index in [0.29, 0.717) is 48.9 Å². The van der Waals surface area contributed by atoms with Crippen LogP contribution < -0.4 is 15.4 Å².